The summed E-state index contributed by atoms with van der Waals surface area (Å²) in [4.78, 5) is 12.0. The Kier molecular flexibility index (Phi) is 5.10. The van der Waals surface area contributed by atoms with E-state index < -0.39 is 5.79 Å². The predicted molar refractivity (Wildman–Crippen MR) is 89.5 cm³/mol. The van der Waals surface area contributed by atoms with Gasteiger partial charge < -0.3 is 14.2 Å². The molecule has 0 aliphatic carbocycles. The number of carbonyl (C=O) groups excluding carboxylic acids is 1. The first-order valence-electron chi connectivity index (χ1n) is 7.39. The molecule has 1 heterocycles. The van der Waals surface area contributed by atoms with Crippen LogP contribution >= 0.6 is 15.9 Å². The average molecular weight is 377 g/mol. The molecule has 2 aromatic rings. The Balaban J connectivity index is 1.60. The third-order valence-electron chi connectivity index (χ3n) is 3.66. The highest BCUT2D eigenvalue weighted by Crippen LogP contribution is 2.36. The molecule has 120 valence electrons. The molecule has 0 spiro atoms. The lowest BCUT2D eigenvalue weighted by Gasteiger charge is -2.26. The molecule has 2 atom stereocenters. The van der Waals surface area contributed by atoms with Crippen molar-refractivity contribution in [2.24, 2.45) is 0 Å². The summed E-state index contributed by atoms with van der Waals surface area (Å²) >= 11 is 3.46. The van der Waals surface area contributed by atoms with Gasteiger partial charge in [-0.3, -0.25) is 0 Å². The van der Waals surface area contributed by atoms with E-state index in [-0.39, 0.29) is 18.7 Å². The van der Waals surface area contributed by atoms with Gasteiger partial charge in [-0.25, -0.2) is 4.79 Å². The molecule has 1 saturated heterocycles. The largest absolute Gasteiger partial charge is 0.459 e. The fraction of sp³-hybridized carbons (Fsp3) is 0.278. The van der Waals surface area contributed by atoms with Gasteiger partial charge in [0, 0.05) is 5.56 Å². The minimum Gasteiger partial charge on any atom is -0.459 e. The van der Waals surface area contributed by atoms with Gasteiger partial charge >= 0.3 is 5.97 Å². The molecule has 0 amide bonds. The van der Waals surface area contributed by atoms with Crippen LogP contribution in [0.1, 0.15) is 15.9 Å². The Morgan fingerprint density at radius 3 is 2.43 bits per heavy atom. The average Bonchev–Trinajstić information content (AvgIpc) is 3.06. The molecule has 0 saturated carbocycles. The number of alkyl halides is 1. The summed E-state index contributed by atoms with van der Waals surface area (Å²) in [5, 5.41) is 0.507. The second-order valence-electron chi connectivity index (χ2n) is 5.27. The Morgan fingerprint density at radius 2 is 1.78 bits per heavy atom. The summed E-state index contributed by atoms with van der Waals surface area (Å²) < 4.78 is 17.2. The quantitative estimate of drug-likeness (QED) is 0.591. The van der Waals surface area contributed by atoms with Gasteiger partial charge in [0.2, 0.25) is 5.79 Å². The maximum absolute atomic E-state index is 12.0. The van der Waals surface area contributed by atoms with E-state index in [0.717, 1.165) is 5.56 Å². The van der Waals surface area contributed by atoms with Crippen LogP contribution in [0.5, 0.6) is 0 Å². The zero-order valence-corrected chi connectivity index (χ0v) is 14.1. The van der Waals surface area contributed by atoms with Gasteiger partial charge in [-0.1, -0.05) is 64.5 Å². The molecule has 1 fully saturated rings. The zero-order chi connectivity index (χ0) is 16.1. The van der Waals surface area contributed by atoms with Gasteiger partial charge in [-0.2, -0.15) is 0 Å². The standard InChI is InChI=1S/C18H17BrO4/c19-13-18(15-9-5-2-6-10-15)22-12-16(23-18)11-21-17(20)14-7-3-1-4-8-14/h1-10,16H,11-13H2/t16-,18+/m1/s1. The lowest BCUT2D eigenvalue weighted by molar-refractivity contribution is -0.160. The van der Waals surface area contributed by atoms with Crippen LogP contribution in [0.15, 0.2) is 60.7 Å². The number of hydrogen-bond acceptors (Lipinski definition) is 4. The van der Waals surface area contributed by atoms with E-state index in [2.05, 4.69) is 15.9 Å². The van der Waals surface area contributed by atoms with Crippen molar-refractivity contribution in [1.82, 2.24) is 0 Å². The van der Waals surface area contributed by atoms with Crippen molar-refractivity contribution in [3.05, 3.63) is 71.8 Å². The summed E-state index contributed by atoms with van der Waals surface area (Å²) in [5.74, 6) is -1.18. The van der Waals surface area contributed by atoms with Crippen molar-refractivity contribution in [2.45, 2.75) is 11.9 Å². The summed E-state index contributed by atoms with van der Waals surface area (Å²) in [7, 11) is 0. The normalized spacial score (nSPS) is 23.6. The van der Waals surface area contributed by atoms with E-state index in [0.29, 0.717) is 17.5 Å². The summed E-state index contributed by atoms with van der Waals surface area (Å²) in [6, 6.07) is 18.6. The maximum Gasteiger partial charge on any atom is 0.338 e. The minimum atomic E-state index is -0.828. The van der Waals surface area contributed by atoms with Gasteiger partial charge in [0.25, 0.3) is 0 Å². The van der Waals surface area contributed by atoms with Crippen LogP contribution in [0.4, 0.5) is 0 Å². The molecular weight excluding hydrogens is 360 g/mol. The molecule has 5 heteroatoms. The molecule has 1 aliphatic rings. The maximum atomic E-state index is 12.0. The number of hydrogen-bond donors (Lipinski definition) is 0. The van der Waals surface area contributed by atoms with E-state index in [1.807, 2.05) is 36.4 Å². The number of halogens is 1. The Morgan fingerprint density at radius 1 is 1.13 bits per heavy atom. The van der Waals surface area contributed by atoms with Crippen molar-refractivity contribution in [1.29, 1.82) is 0 Å². The lowest BCUT2D eigenvalue weighted by atomic mass is 10.1. The van der Waals surface area contributed by atoms with Crippen molar-refractivity contribution < 1.29 is 19.0 Å². The highest BCUT2D eigenvalue weighted by molar-refractivity contribution is 9.09. The van der Waals surface area contributed by atoms with Crippen molar-refractivity contribution in [3.8, 4) is 0 Å². The fourth-order valence-corrected chi connectivity index (χ4v) is 3.08. The van der Waals surface area contributed by atoms with Crippen LogP contribution in [0.2, 0.25) is 0 Å². The van der Waals surface area contributed by atoms with Crippen LogP contribution < -0.4 is 0 Å². The number of carbonyl (C=O) groups is 1. The highest BCUT2D eigenvalue weighted by Gasteiger charge is 2.42. The smallest absolute Gasteiger partial charge is 0.338 e. The summed E-state index contributed by atoms with van der Waals surface area (Å²) in [5.41, 5.74) is 1.47. The molecule has 4 nitrogen and oxygen atoms in total. The summed E-state index contributed by atoms with van der Waals surface area (Å²) in [6.07, 6.45) is -0.291. The van der Waals surface area contributed by atoms with Gasteiger partial charge in [-0.15, -0.1) is 0 Å². The predicted octanol–water partition coefficient (Wildman–Crippen LogP) is 3.51. The number of benzene rings is 2. The van der Waals surface area contributed by atoms with Gasteiger partial charge in [0.1, 0.15) is 12.7 Å². The van der Waals surface area contributed by atoms with Gasteiger partial charge in [0.15, 0.2) is 0 Å². The van der Waals surface area contributed by atoms with Gasteiger partial charge in [-0.05, 0) is 12.1 Å². The molecule has 0 N–H and O–H groups in total. The highest BCUT2D eigenvalue weighted by atomic mass is 79.9. The first kappa shape index (κ1) is 16.2. The second kappa shape index (κ2) is 7.25. The molecule has 3 rings (SSSR count). The number of rotatable bonds is 5. The van der Waals surface area contributed by atoms with E-state index in [4.69, 9.17) is 14.2 Å². The van der Waals surface area contributed by atoms with Crippen molar-refractivity contribution >= 4 is 21.9 Å². The third kappa shape index (κ3) is 3.63. The molecule has 0 aromatic heterocycles. The van der Waals surface area contributed by atoms with Crippen molar-refractivity contribution in [2.75, 3.05) is 18.5 Å². The topological polar surface area (TPSA) is 44.8 Å². The molecule has 0 radical (unpaired) electrons. The number of ether oxygens (including phenoxy) is 3. The van der Waals surface area contributed by atoms with E-state index in [1.54, 1.807) is 24.3 Å². The zero-order valence-electron chi connectivity index (χ0n) is 12.5. The van der Waals surface area contributed by atoms with E-state index in [1.165, 1.54) is 0 Å². The fourth-order valence-electron chi connectivity index (χ4n) is 2.46. The Bertz CT molecular complexity index is 647. The van der Waals surface area contributed by atoms with Gasteiger partial charge in [0.05, 0.1) is 17.5 Å². The minimum absolute atomic E-state index is 0.162. The molecule has 1 aliphatic heterocycles. The third-order valence-corrected chi connectivity index (χ3v) is 4.40. The van der Waals surface area contributed by atoms with E-state index >= 15 is 0 Å². The van der Waals surface area contributed by atoms with E-state index in [9.17, 15) is 4.79 Å². The monoisotopic (exact) mass is 376 g/mol. The first-order chi connectivity index (χ1) is 11.2. The summed E-state index contributed by atoms with van der Waals surface area (Å²) in [6.45, 7) is 0.540. The van der Waals surface area contributed by atoms with Crippen LogP contribution in [0, 0.1) is 0 Å². The molecule has 0 unspecified atom stereocenters. The number of esters is 1. The molecule has 2 aromatic carbocycles. The van der Waals surface area contributed by atoms with Crippen LogP contribution in [0.25, 0.3) is 0 Å². The Hall–Kier alpha value is -1.69. The molecular formula is C18H17BrO4. The second-order valence-corrected chi connectivity index (χ2v) is 5.83. The SMILES string of the molecule is O=C(OC[C@@H]1CO[C@](CBr)(c2ccccc2)O1)c1ccccc1. The molecule has 23 heavy (non-hydrogen) atoms. The molecule has 0 bridgehead atoms. The lowest BCUT2D eigenvalue weighted by Crippen LogP contribution is -2.31. The van der Waals surface area contributed by atoms with Crippen molar-refractivity contribution in [3.63, 3.8) is 0 Å². The van der Waals surface area contributed by atoms with Crippen LogP contribution in [-0.4, -0.2) is 30.6 Å². The Labute approximate surface area is 143 Å². The first-order valence-corrected chi connectivity index (χ1v) is 8.51. The van der Waals surface area contributed by atoms with Crippen LogP contribution in [0.3, 0.4) is 0 Å². The van der Waals surface area contributed by atoms with Crippen LogP contribution in [-0.2, 0) is 20.0 Å².